The molecule has 0 amide bonds. The van der Waals surface area contributed by atoms with Gasteiger partial charge in [0.25, 0.3) is 0 Å². The van der Waals surface area contributed by atoms with Gasteiger partial charge in [-0.15, -0.1) is 0 Å². The van der Waals surface area contributed by atoms with Gasteiger partial charge in [0.2, 0.25) is 0 Å². The maximum atomic E-state index is 5.59. The van der Waals surface area contributed by atoms with Crippen LogP contribution in [-0.2, 0) is 4.74 Å². The van der Waals surface area contributed by atoms with E-state index in [2.05, 4.69) is 44.8 Å². The molecule has 1 saturated heterocycles. The van der Waals surface area contributed by atoms with Crippen molar-refractivity contribution in [3.8, 4) is 0 Å². The Morgan fingerprint density at radius 3 is 2.67 bits per heavy atom. The summed E-state index contributed by atoms with van der Waals surface area (Å²) in [6, 6.07) is 0.584. The highest BCUT2D eigenvalue weighted by molar-refractivity contribution is 4.84. The highest BCUT2D eigenvalue weighted by Crippen LogP contribution is 2.21. The Morgan fingerprint density at radius 2 is 2.11 bits per heavy atom. The number of hydrogen-bond donors (Lipinski definition) is 1. The van der Waals surface area contributed by atoms with Crippen LogP contribution in [-0.4, -0.2) is 49.3 Å². The maximum absolute atomic E-state index is 5.59. The summed E-state index contributed by atoms with van der Waals surface area (Å²) in [5, 5.41) is 3.67. The fourth-order valence-electron chi connectivity index (χ4n) is 2.44. The van der Waals surface area contributed by atoms with Gasteiger partial charge in [-0.2, -0.15) is 0 Å². The van der Waals surface area contributed by atoms with Crippen molar-refractivity contribution < 1.29 is 4.74 Å². The molecule has 0 aromatic heterocycles. The molecule has 3 unspecified atom stereocenters. The second-order valence-corrected chi connectivity index (χ2v) is 6.50. The Hall–Kier alpha value is -0.120. The number of rotatable bonds is 6. The minimum Gasteiger partial charge on any atom is -0.380 e. The van der Waals surface area contributed by atoms with Crippen molar-refractivity contribution in [3.63, 3.8) is 0 Å². The Balaban J connectivity index is 2.40. The van der Waals surface area contributed by atoms with Crippen LogP contribution < -0.4 is 5.32 Å². The van der Waals surface area contributed by atoms with Crippen LogP contribution >= 0.6 is 0 Å². The lowest BCUT2D eigenvalue weighted by Crippen LogP contribution is -2.52. The molecule has 1 heterocycles. The molecule has 0 aromatic carbocycles. The van der Waals surface area contributed by atoms with E-state index in [1.54, 1.807) is 0 Å². The van der Waals surface area contributed by atoms with E-state index in [0.29, 0.717) is 18.1 Å². The van der Waals surface area contributed by atoms with Crippen molar-refractivity contribution in [2.45, 2.75) is 65.1 Å². The predicted octanol–water partition coefficient (Wildman–Crippen LogP) is 2.51. The molecule has 3 heteroatoms. The fraction of sp³-hybridized carbons (Fsp3) is 1.00. The van der Waals surface area contributed by atoms with Crippen LogP contribution in [0.5, 0.6) is 0 Å². The van der Waals surface area contributed by atoms with Crippen LogP contribution in [0.25, 0.3) is 0 Å². The summed E-state index contributed by atoms with van der Waals surface area (Å²) in [7, 11) is 1.84. The van der Waals surface area contributed by atoms with E-state index in [1.807, 2.05) is 7.11 Å². The normalized spacial score (nSPS) is 28.3. The number of hydrogen-bond acceptors (Lipinski definition) is 3. The van der Waals surface area contributed by atoms with Crippen molar-refractivity contribution in [1.82, 2.24) is 10.2 Å². The molecule has 0 aromatic rings. The zero-order valence-electron chi connectivity index (χ0n) is 13.1. The smallest absolute Gasteiger partial charge is 0.0724 e. The second kappa shape index (κ2) is 6.88. The van der Waals surface area contributed by atoms with Gasteiger partial charge in [-0.05, 0) is 46.1 Å². The molecule has 0 radical (unpaired) electrons. The topological polar surface area (TPSA) is 24.5 Å². The van der Waals surface area contributed by atoms with Crippen molar-refractivity contribution in [2.24, 2.45) is 5.92 Å². The van der Waals surface area contributed by atoms with Gasteiger partial charge < -0.3 is 10.1 Å². The van der Waals surface area contributed by atoms with E-state index in [9.17, 15) is 0 Å². The molecule has 0 saturated carbocycles. The summed E-state index contributed by atoms with van der Waals surface area (Å²) in [6.07, 6.45) is 2.82. The zero-order chi connectivity index (χ0) is 13.8. The molecular weight excluding hydrogens is 224 g/mol. The summed E-state index contributed by atoms with van der Waals surface area (Å²) < 4.78 is 5.59. The van der Waals surface area contributed by atoms with E-state index < -0.39 is 0 Å². The third kappa shape index (κ3) is 4.52. The van der Waals surface area contributed by atoms with Gasteiger partial charge in [-0.1, -0.05) is 13.8 Å². The molecule has 1 aliphatic rings. The van der Waals surface area contributed by atoms with Gasteiger partial charge in [-0.3, -0.25) is 4.90 Å². The molecule has 1 fully saturated rings. The lowest BCUT2D eigenvalue weighted by Gasteiger charge is -2.40. The van der Waals surface area contributed by atoms with E-state index in [-0.39, 0.29) is 5.54 Å². The first-order valence-corrected chi connectivity index (χ1v) is 7.41. The lowest BCUT2D eigenvalue weighted by atomic mass is 9.94. The Morgan fingerprint density at radius 1 is 1.44 bits per heavy atom. The number of likely N-dealkylation sites (tertiary alicyclic amines) is 1. The first-order valence-electron chi connectivity index (χ1n) is 7.41. The van der Waals surface area contributed by atoms with Crippen LogP contribution in [0.1, 0.15) is 47.5 Å². The average molecular weight is 256 g/mol. The minimum absolute atomic E-state index is 0.248. The van der Waals surface area contributed by atoms with Crippen molar-refractivity contribution >= 4 is 0 Å². The molecule has 108 valence electrons. The number of nitrogens with one attached hydrogen (secondary N) is 1. The largest absolute Gasteiger partial charge is 0.380 e. The second-order valence-electron chi connectivity index (χ2n) is 6.50. The van der Waals surface area contributed by atoms with Crippen LogP contribution in [0, 0.1) is 5.92 Å². The fourth-order valence-corrected chi connectivity index (χ4v) is 2.44. The van der Waals surface area contributed by atoms with Gasteiger partial charge in [-0.25, -0.2) is 0 Å². The summed E-state index contributed by atoms with van der Waals surface area (Å²) in [6.45, 7) is 14.7. The lowest BCUT2D eigenvalue weighted by molar-refractivity contribution is -0.0171. The molecule has 1 aliphatic heterocycles. The third-order valence-corrected chi connectivity index (χ3v) is 4.61. The summed E-state index contributed by atoms with van der Waals surface area (Å²) in [5.74, 6) is 0.693. The summed E-state index contributed by atoms with van der Waals surface area (Å²) in [4.78, 5) is 2.56. The minimum atomic E-state index is 0.248. The van der Waals surface area contributed by atoms with Gasteiger partial charge in [0.05, 0.1) is 6.10 Å². The van der Waals surface area contributed by atoms with Crippen molar-refractivity contribution in [2.75, 3.05) is 26.7 Å². The van der Waals surface area contributed by atoms with Gasteiger partial charge in [0, 0.05) is 31.8 Å². The predicted molar refractivity (Wildman–Crippen MR) is 78.0 cm³/mol. The van der Waals surface area contributed by atoms with Gasteiger partial charge in [0.15, 0.2) is 0 Å². The molecule has 3 nitrogen and oxygen atoms in total. The number of piperidine rings is 1. The molecule has 3 atom stereocenters. The third-order valence-electron chi connectivity index (χ3n) is 4.61. The average Bonchev–Trinajstić information content (AvgIpc) is 2.36. The van der Waals surface area contributed by atoms with Crippen LogP contribution in [0.15, 0.2) is 0 Å². The highest BCUT2D eigenvalue weighted by Gasteiger charge is 2.29. The molecule has 0 spiro atoms. The quantitative estimate of drug-likeness (QED) is 0.790. The van der Waals surface area contributed by atoms with Crippen LogP contribution in [0.4, 0.5) is 0 Å². The highest BCUT2D eigenvalue weighted by atomic mass is 16.5. The zero-order valence-corrected chi connectivity index (χ0v) is 13.1. The number of methoxy groups -OCH3 is 1. The first-order chi connectivity index (χ1) is 8.39. The van der Waals surface area contributed by atoms with E-state index in [0.717, 1.165) is 19.5 Å². The van der Waals surface area contributed by atoms with Gasteiger partial charge >= 0.3 is 0 Å². The van der Waals surface area contributed by atoms with E-state index >= 15 is 0 Å². The summed E-state index contributed by atoms with van der Waals surface area (Å²) in [5.41, 5.74) is 0.248. The van der Waals surface area contributed by atoms with Crippen LogP contribution in [0.3, 0.4) is 0 Å². The first kappa shape index (κ1) is 15.9. The summed E-state index contributed by atoms with van der Waals surface area (Å²) >= 11 is 0. The van der Waals surface area contributed by atoms with Crippen LogP contribution in [0.2, 0.25) is 0 Å². The SMILES string of the molecule is CCC(C)(C)NCC(C)N1CCC(C)C(OC)C1. The van der Waals surface area contributed by atoms with Crippen molar-refractivity contribution in [3.05, 3.63) is 0 Å². The van der Waals surface area contributed by atoms with E-state index in [4.69, 9.17) is 4.74 Å². The maximum Gasteiger partial charge on any atom is 0.0724 e. The molecule has 18 heavy (non-hydrogen) atoms. The molecule has 1 rings (SSSR count). The number of nitrogens with zero attached hydrogens (tertiary/aromatic N) is 1. The van der Waals surface area contributed by atoms with E-state index in [1.165, 1.54) is 13.0 Å². The monoisotopic (exact) mass is 256 g/mol. The Bertz CT molecular complexity index is 243. The number of ether oxygens (including phenoxy) is 1. The van der Waals surface area contributed by atoms with Gasteiger partial charge in [0.1, 0.15) is 0 Å². The molecule has 0 aliphatic carbocycles. The van der Waals surface area contributed by atoms with Crippen molar-refractivity contribution in [1.29, 1.82) is 0 Å². The molecular formula is C15H32N2O. The molecule has 1 N–H and O–H groups in total. The Kier molecular flexibility index (Phi) is 6.09. The standard InChI is InChI=1S/C15H32N2O/c1-7-15(4,5)16-10-13(3)17-9-8-12(2)14(11-17)18-6/h12-14,16H,7-11H2,1-6H3. The Labute approximate surface area is 113 Å². The molecule has 0 bridgehead atoms.